The van der Waals surface area contributed by atoms with Crippen LogP contribution in [0, 0.1) is 11.7 Å². The van der Waals surface area contributed by atoms with Crippen molar-refractivity contribution in [1.82, 2.24) is 9.97 Å². The number of amides is 1. The number of ether oxygens (including phenoxy) is 1. The number of alkyl halides is 2. The SMILES string of the molecule is C[C@@H]1OCC[C@@]2(c3cc(NC(=O)c4cnc(C(F)F)cn4)ccc3F)N=C(N)SC[C@H]12. The molecule has 0 saturated carbocycles. The van der Waals surface area contributed by atoms with Crippen LogP contribution in [0.1, 0.15) is 41.5 Å². The molecule has 1 aromatic carbocycles. The van der Waals surface area contributed by atoms with Crippen molar-refractivity contribution in [3.63, 3.8) is 0 Å². The molecule has 1 amide bonds. The van der Waals surface area contributed by atoms with Gasteiger partial charge in [0.05, 0.1) is 24.0 Å². The predicted octanol–water partition coefficient (Wildman–Crippen LogP) is 3.49. The minimum atomic E-state index is -2.78. The second-order valence-electron chi connectivity index (χ2n) is 7.39. The molecule has 3 heterocycles. The Bertz CT molecular complexity index is 1020. The molecule has 1 saturated heterocycles. The summed E-state index contributed by atoms with van der Waals surface area (Å²) in [6, 6.07) is 4.21. The third-order valence-corrected chi connectivity index (χ3v) is 6.50. The average molecular weight is 451 g/mol. The number of benzene rings is 1. The Morgan fingerprint density at radius 1 is 1.35 bits per heavy atom. The topological polar surface area (TPSA) is 102 Å². The van der Waals surface area contributed by atoms with Gasteiger partial charge in [-0.2, -0.15) is 0 Å². The number of carbonyl (C=O) groups excluding carboxylic acids is 1. The lowest BCUT2D eigenvalue weighted by Gasteiger charge is -2.47. The number of hydrogen-bond acceptors (Lipinski definition) is 7. The molecule has 2 aromatic rings. The van der Waals surface area contributed by atoms with Gasteiger partial charge in [-0.3, -0.25) is 14.8 Å². The number of carbonyl (C=O) groups is 1. The van der Waals surface area contributed by atoms with Gasteiger partial charge in [-0.25, -0.2) is 18.2 Å². The van der Waals surface area contributed by atoms with Gasteiger partial charge < -0.3 is 15.8 Å². The lowest BCUT2D eigenvalue weighted by Crippen LogP contribution is -2.50. The standard InChI is InChI=1S/C20H20F3N5O2S/c1-10-13-9-31-19(24)28-20(13,4-5-30-10)12-6-11(2-3-14(12)21)27-18(29)16-8-25-15(7-26-16)17(22)23/h2-3,6-8,10,13,17H,4-5,9H2,1H3,(H2,24,28)(H,27,29)/t10-,13+,20-/m0/s1. The molecule has 164 valence electrons. The van der Waals surface area contributed by atoms with E-state index in [0.29, 0.717) is 35.2 Å². The lowest BCUT2D eigenvalue weighted by atomic mass is 9.72. The van der Waals surface area contributed by atoms with Crippen LogP contribution < -0.4 is 11.1 Å². The number of thioether (sulfide) groups is 1. The van der Waals surface area contributed by atoms with Gasteiger partial charge in [-0.05, 0) is 25.1 Å². The maximum atomic E-state index is 15.0. The monoisotopic (exact) mass is 451 g/mol. The largest absolute Gasteiger partial charge is 0.379 e. The van der Waals surface area contributed by atoms with Crippen molar-refractivity contribution < 1.29 is 22.7 Å². The van der Waals surface area contributed by atoms with Crippen LogP contribution in [-0.4, -0.2) is 39.5 Å². The minimum Gasteiger partial charge on any atom is -0.379 e. The first-order chi connectivity index (χ1) is 14.8. The summed E-state index contributed by atoms with van der Waals surface area (Å²) in [5.74, 6) is -0.561. The van der Waals surface area contributed by atoms with Crippen molar-refractivity contribution in [1.29, 1.82) is 0 Å². The molecular weight excluding hydrogens is 431 g/mol. The summed E-state index contributed by atoms with van der Waals surface area (Å²) < 4.78 is 46.0. The molecule has 0 aliphatic carbocycles. The van der Waals surface area contributed by atoms with E-state index in [1.807, 2.05) is 6.92 Å². The van der Waals surface area contributed by atoms with Crippen LogP contribution in [0.2, 0.25) is 0 Å². The van der Waals surface area contributed by atoms with Crippen molar-refractivity contribution >= 4 is 28.5 Å². The Morgan fingerprint density at radius 3 is 2.87 bits per heavy atom. The van der Waals surface area contributed by atoms with Gasteiger partial charge in [0.1, 0.15) is 17.2 Å². The summed E-state index contributed by atoms with van der Waals surface area (Å²) in [6.07, 6.45) is -0.642. The molecule has 2 aliphatic heterocycles. The summed E-state index contributed by atoms with van der Waals surface area (Å²) in [5, 5.41) is 3.00. The third-order valence-electron chi connectivity index (χ3n) is 5.58. The Morgan fingerprint density at radius 2 is 2.16 bits per heavy atom. The van der Waals surface area contributed by atoms with Gasteiger partial charge in [-0.1, -0.05) is 11.8 Å². The van der Waals surface area contributed by atoms with Crippen LogP contribution in [0.25, 0.3) is 0 Å². The number of rotatable bonds is 4. The van der Waals surface area contributed by atoms with Crippen molar-refractivity contribution in [3.05, 3.63) is 53.4 Å². The third kappa shape index (κ3) is 4.11. The molecule has 11 heteroatoms. The molecule has 0 spiro atoms. The number of anilines is 1. The molecule has 7 nitrogen and oxygen atoms in total. The number of fused-ring (bicyclic) bond motifs is 1. The first-order valence-corrected chi connectivity index (χ1v) is 10.6. The number of nitrogens with two attached hydrogens (primary N) is 1. The van der Waals surface area contributed by atoms with E-state index in [9.17, 15) is 18.0 Å². The van der Waals surface area contributed by atoms with Crippen molar-refractivity contribution in [2.75, 3.05) is 17.7 Å². The summed E-state index contributed by atoms with van der Waals surface area (Å²) in [4.78, 5) is 24.4. The van der Waals surface area contributed by atoms with Crippen LogP contribution in [0.15, 0.2) is 35.6 Å². The van der Waals surface area contributed by atoms with Crippen molar-refractivity contribution in [2.45, 2.75) is 31.4 Å². The summed E-state index contributed by atoms with van der Waals surface area (Å²) in [5.41, 5.74) is 5.09. The van der Waals surface area contributed by atoms with Gasteiger partial charge in [-0.15, -0.1) is 0 Å². The minimum absolute atomic E-state index is 0.0910. The highest BCUT2D eigenvalue weighted by atomic mass is 32.2. The van der Waals surface area contributed by atoms with Crippen LogP contribution in [0.4, 0.5) is 18.9 Å². The normalized spacial score (nSPS) is 25.6. The smallest absolute Gasteiger partial charge is 0.281 e. The Hall–Kier alpha value is -2.66. The van der Waals surface area contributed by atoms with Gasteiger partial charge in [0, 0.05) is 35.9 Å². The molecule has 2 aliphatic rings. The quantitative estimate of drug-likeness (QED) is 0.738. The highest BCUT2D eigenvalue weighted by molar-refractivity contribution is 8.13. The fraction of sp³-hybridized carbons (Fsp3) is 0.400. The number of nitrogens with one attached hydrogen (secondary N) is 1. The number of nitrogens with zero attached hydrogens (tertiary/aromatic N) is 3. The number of aliphatic imine (C=N–C) groups is 1. The molecule has 4 rings (SSSR count). The second-order valence-corrected chi connectivity index (χ2v) is 8.43. The van der Waals surface area contributed by atoms with E-state index in [0.717, 1.165) is 12.4 Å². The average Bonchev–Trinajstić information content (AvgIpc) is 2.75. The first-order valence-electron chi connectivity index (χ1n) is 9.61. The Balaban J connectivity index is 1.65. The van der Waals surface area contributed by atoms with Gasteiger partial charge >= 0.3 is 0 Å². The second kappa shape index (κ2) is 8.46. The molecule has 0 unspecified atom stereocenters. The van der Waals surface area contributed by atoms with Gasteiger partial charge in [0.2, 0.25) is 0 Å². The zero-order chi connectivity index (χ0) is 22.2. The van der Waals surface area contributed by atoms with Crippen LogP contribution >= 0.6 is 11.8 Å². The van der Waals surface area contributed by atoms with E-state index in [1.54, 1.807) is 0 Å². The van der Waals surface area contributed by atoms with Crippen molar-refractivity contribution in [3.8, 4) is 0 Å². The van der Waals surface area contributed by atoms with E-state index in [2.05, 4.69) is 20.3 Å². The fourth-order valence-corrected chi connectivity index (χ4v) is 5.12. The summed E-state index contributed by atoms with van der Waals surface area (Å²) in [7, 11) is 0. The first kappa shape index (κ1) is 21.6. The van der Waals surface area contributed by atoms with Crippen LogP contribution in [-0.2, 0) is 10.3 Å². The highest BCUT2D eigenvalue weighted by Gasteiger charge is 2.49. The Kier molecular flexibility index (Phi) is 5.89. The van der Waals surface area contributed by atoms with Gasteiger partial charge in [0.25, 0.3) is 12.3 Å². The van der Waals surface area contributed by atoms with E-state index >= 15 is 0 Å². The molecule has 1 aromatic heterocycles. The van der Waals surface area contributed by atoms with E-state index < -0.39 is 29.4 Å². The zero-order valence-corrected chi connectivity index (χ0v) is 17.3. The number of aromatic nitrogens is 2. The molecule has 0 radical (unpaired) electrons. The summed E-state index contributed by atoms with van der Waals surface area (Å²) in [6.45, 7) is 2.34. The molecular formula is C20H20F3N5O2S. The molecule has 31 heavy (non-hydrogen) atoms. The van der Waals surface area contributed by atoms with Crippen molar-refractivity contribution in [2.24, 2.45) is 16.6 Å². The number of hydrogen-bond donors (Lipinski definition) is 2. The van der Waals surface area contributed by atoms with Crippen LogP contribution in [0.5, 0.6) is 0 Å². The number of amidine groups is 1. The maximum absolute atomic E-state index is 15.0. The predicted molar refractivity (Wildman–Crippen MR) is 111 cm³/mol. The lowest BCUT2D eigenvalue weighted by molar-refractivity contribution is -0.0514. The van der Waals surface area contributed by atoms with Crippen LogP contribution in [0.3, 0.4) is 0 Å². The molecule has 3 atom stereocenters. The molecule has 0 bridgehead atoms. The number of halogens is 3. The highest BCUT2D eigenvalue weighted by Crippen LogP contribution is 2.48. The Labute approximate surface area is 180 Å². The fourth-order valence-electron chi connectivity index (χ4n) is 4.00. The molecule has 3 N–H and O–H groups in total. The van der Waals surface area contributed by atoms with E-state index in [1.165, 1.54) is 30.0 Å². The molecule has 1 fully saturated rings. The van der Waals surface area contributed by atoms with E-state index in [4.69, 9.17) is 10.5 Å². The zero-order valence-electron chi connectivity index (χ0n) is 16.5. The van der Waals surface area contributed by atoms with Gasteiger partial charge in [0.15, 0.2) is 5.17 Å². The summed E-state index contributed by atoms with van der Waals surface area (Å²) >= 11 is 1.41. The maximum Gasteiger partial charge on any atom is 0.281 e. The van der Waals surface area contributed by atoms with E-state index in [-0.39, 0.29) is 17.7 Å².